The van der Waals surface area contributed by atoms with Crippen molar-refractivity contribution in [2.24, 2.45) is 0 Å². The smallest absolute Gasteiger partial charge is 0.163 e. The highest BCUT2D eigenvalue weighted by Gasteiger charge is 2.36. The van der Waals surface area contributed by atoms with Gasteiger partial charge in [-0.3, -0.25) is 4.79 Å². The summed E-state index contributed by atoms with van der Waals surface area (Å²) < 4.78 is 6.17. The summed E-state index contributed by atoms with van der Waals surface area (Å²) in [4.78, 5) is 13.7. The minimum Gasteiger partial charge on any atom is -0.493 e. The van der Waals surface area contributed by atoms with Crippen molar-refractivity contribution in [2.45, 2.75) is 44.6 Å². The van der Waals surface area contributed by atoms with E-state index < -0.39 is 0 Å². The van der Waals surface area contributed by atoms with Crippen molar-refractivity contribution in [1.82, 2.24) is 0 Å². The van der Waals surface area contributed by atoms with E-state index in [0.29, 0.717) is 13.0 Å². The van der Waals surface area contributed by atoms with E-state index in [-0.39, 0.29) is 17.7 Å². The molecule has 0 unspecified atom stereocenters. The topological polar surface area (TPSA) is 50.4 Å². The highest BCUT2D eigenvalue weighted by Crippen LogP contribution is 2.45. The van der Waals surface area contributed by atoms with Gasteiger partial charge in [-0.1, -0.05) is 74.0 Å². The monoisotopic (exact) mass is 438 g/mol. The first-order valence-corrected chi connectivity index (χ1v) is 11.9. The van der Waals surface area contributed by atoms with E-state index in [1.807, 2.05) is 48.5 Å². The molecule has 4 nitrogen and oxygen atoms in total. The third-order valence-electron chi connectivity index (χ3n) is 6.57. The largest absolute Gasteiger partial charge is 0.493 e. The van der Waals surface area contributed by atoms with Crippen LogP contribution in [0.2, 0.25) is 0 Å². The van der Waals surface area contributed by atoms with Crippen LogP contribution in [0.15, 0.2) is 90.1 Å². The molecule has 2 N–H and O–H groups in total. The standard InChI is InChI=1S/C29H30N2O2/c1-2-3-17-33-27-16-10-7-13-22(27)29-28-25(30-23-14-8-9-15-24(23)31-29)18-21(19-26(28)32)20-11-5-4-6-12-20/h4-16,21,29-31H,2-3,17-19H2,1H3/t21-,29-/m0/s1. The van der Waals surface area contributed by atoms with Crippen LogP contribution >= 0.6 is 0 Å². The fourth-order valence-electron chi connectivity index (χ4n) is 4.86. The van der Waals surface area contributed by atoms with Crippen LogP contribution in [0.5, 0.6) is 5.75 Å². The Kier molecular flexibility index (Phi) is 6.16. The zero-order chi connectivity index (χ0) is 22.6. The molecule has 1 aliphatic carbocycles. The van der Waals surface area contributed by atoms with Gasteiger partial charge >= 0.3 is 0 Å². The first kappa shape index (κ1) is 21.3. The van der Waals surface area contributed by atoms with E-state index >= 15 is 0 Å². The molecule has 1 aliphatic heterocycles. The molecule has 3 aromatic carbocycles. The number of hydrogen-bond donors (Lipinski definition) is 2. The van der Waals surface area contributed by atoms with Gasteiger partial charge in [0.2, 0.25) is 0 Å². The number of fused-ring (bicyclic) bond motifs is 1. The Labute approximate surface area is 195 Å². The Bertz CT molecular complexity index is 1170. The summed E-state index contributed by atoms with van der Waals surface area (Å²) in [5, 5.41) is 7.29. The highest BCUT2D eigenvalue weighted by atomic mass is 16.5. The summed E-state index contributed by atoms with van der Waals surface area (Å²) in [7, 11) is 0. The van der Waals surface area contributed by atoms with E-state index in [1.54, 1.807) is 0 Å². The van der Waals surface area contributed by atoms with E-state index in [1.165, 1.54) is 5.56 Å². The molecule has 0 aromatic heterocycles. The molecule has 0 fully saturated rings. The molecule has 0 amide bonds. The molecule has 4 heteroatoms. The zero-order valence-corrected chi connectivity index (χ0v) is 19.0. The predicted molar refractivity (Wildman–Crippen MR) is 134 cm³/mol. The lowest BCUT2D eigenvalue weighted by molar-refractivity contribution is -0.116. The second kappa shape index (κ2) is 9.53. The Morgan fingerprint density at radius 2 is 1.61 bits per heavy atom. The van der Waals surface area contributed by atoms with Crippen LogP contribution in [0.25, 0.3) is 0 Å². The summed E-state index contributed by atoms with van der Waals surface area (Å²) in [6, 6.07) is 26.4. The number of carbonyl (C=O) groups is 1. The molecule has 2 atom stereocenters. The van der Waals surface area contributed by atoms with Crippen LogP contribution in [-0.4, -0.2) is 12.4 Å². The average molecular weight is 439 g/mol. The third-order valence-corrected chi connectivity index (χ3v) is 6.57. The van der Waals surface area contributed by atoms with Gasteiger partial charge in [0, 0.05) is 23.3 Å². The van der Waals surface area contributed by atoms with Crippen LogP contribution in [0.1, 0.15) is 55.7 Å². The second-order valence-electron chi connectivity index (χ2n) is 8.82. The van der Waals surface area contributed by atoms with Crippen LogP contribution < -0.4 is 15.4 Å². The molecule has 33 heavy (non-hydrogen) atoms. The molecular formula is C29H30N2O2. The summed E-state index contributed by atoms with van der Waals surface area (Å²) in [5.41, 5.74) is 6.04. The Hall–Kier alpha value is -3.53. The number of Topliss-reactive ketones (excluding diaryl/α,β-unsaturated/α-hetero) is 1. The van der Waals surface area contributed by atoms with Crippen molar-refractivity contribution in [1.29, 1.82) is 0 Å². The normalized spacial score (nSPS) is 19.6. The van der Waals surface area contributed by atoms with E-state index in [9.17, 15) is 4.79 Å². The maximum Gasteiger partial charge on any atom is 0.163 e. The average Bonchev–Trinajstić information content (AvgIpc) is 3.02. The number of hydrogen-bond acceptors (Lipinski definition) is 4. The van der Waals surface area contributed by atoms with Crippen molar-refractivity contribution in [2.75, 3.05) is 17.2 Å². The van der Waals surface area contributed by atoms with E-state index in [2.05, 4.69) is 47.9 Å². The SMILES string of the molecule is CCCCOc1ccccc1[C@@H]1Nc2ccccc2NC2=C1C(=O)C[C@@H](c1ccccc1)C2. The number of ether oxygens (including phenoxy) is 1. The molecule has 0 radical (unpaired) electrons. The fourth-order valence-corrected chi connectivity index (χ4v) is 4.86. The molecule has 5 rings (SSSR count). The summed E-state index contributed by atoms with van der Waals surface area (Å²) in [5.74, 6) is 1.20. The molecule has 1 heterocycles. The third kappa shape index (κ3) is 4.38. The number of nitrogens with one attached hydrogen (secondary N) is 2. The van der Waals surface area contributed by atoms with Crippen LogP contribution in [0, 0.1) is 0 Å². The first-order chi connectivity index (χ1) is 16.2. The lowest BCUT2D eigenvalue weighted by Gasteiger charge is -2.30. The zero-order valence-electron chi connectivity index (χ0n) is 19.0. The number of allylic oxidation sites excluding steroid dienone is 1. The predicted octanol–water partition coefficient (Wildman–Crippen LogP) is 6.85. The molecule has 3 aromatic rings. The fraction of sp³-hybridized carbons (Fsp3) is 0.276. The van der Waals surface area contributed by atoms with Crippen molar-refractivity contribution < 1.29 is 9.53 Å². The summed E-state index contributed by atoms with van der Waals surface area (Å²) >= 11 is 0. The van der Waals surface area contributed by atoms with Gasteiger partial charge in [-0.25, -0.2) is 0 Å². The molecule has 0 saturated heterocycles. The van der Waals surface area contributed by atoms with Crippen molar-refractivity contribution in [3.05, 3.63) is 101 Å². The van der Waals surface area contributed by atoms with Crippen LogP contribution in [-0.2, 0) is 4.79 Å². The van der Waals surface area contributed by atoms with Gasteiger partial charge in [0.1, 0.15) is 5.75 Å². The van der Waals surface area contributed by atoms with Crippen LogP contribution in [0.3, 0.4) is 0 Å². The second-order valence-corrected chi connectivity index (χ2v) is 8.82. The molecule has 0 bridgehead atoms. The van der Waals surface area contributed by atoms with E-state index in [0.717, 1.165) is 53.2 Å². The molecule has 2 aliphatic rings. The number of anilines is 2. The number of benzene rings is 3. The lowest BCUT2D eigenvalue weighted by Crippen LogP contribution is -2.27. The van der Waals surface area contributed by atoms with Crippen molar-refractivity contribution >= 4 is 17.2 Å². The van der Waals surface area contributed by atoms with Crippen molar-refractivity contribution in [3.63, 3.8) is 0 Å². The highest BCUT2D eigenvalue weighted by molar-refractivity contribution is 6.01. The summed E-state index contributed by atoms with van der Waals surface area (Å²) in [6.07, 6.45) is 3.40. The molecule has 0 spiro atoms. The number of unbranched alkanes of at least 4 members (excludes halogenated alkanes) is 1. The Morgan fingerprint density at radius 1 is 0.879 bits per heavy atom. The van der Waals surface area contributed by atoms with Gasteiger partial charge in [0.15, 0.2) is 5.78 Å². The maximum absolute atomic E-state index is 13.7. The number of ketones is 1. The lowest BCUT2D eigenvalue weighted by atomic mass is 9.78. The van der Waals surface area contributed by atoms with Crippen molar-refractivity contribution in [3.8, 4) is 5.75 Å². The first-order valence-electron chi connectivity index (χ1n) is 11.9. The molecule has 0 saturated carbocycles. The van der Waals surface area contributed by atoms with Gasteiger partial charge in [-0.2, -0.15) is 0 Å². The quantitative estimate of drug-likeness (QED) is 0.414. The van der Waals surface area contributed by atoms with Gasteiger partial charge < -0.3 is 15.4 Å². The molecule has 168 valence electrons. The van der Waals surface area contributed by atoms with Gasteiger partial charge in [-0.15, -0.1) is 0 Å². The number of rotatable bonds is 6. The maximum atomic E-state index is 13.7. The van der Waals surface area contributed by atoms with E-state index in [4.69, 9.17) is 4.74 Å². The van der Waals surface area contributed by atoms with Gasteiger partial charge in [0.25, 0.3) is 0 Å². The Balaban J connectivity index is 1.58. The number of carbonyl (C=O) groups excluding carboxylic acids is 1. The molecular weight excluding hydrogens is 408 g/mol. The Morgan fingerprint density at radius 3 is 2.42 bits per heavy atom. The minimum atomic E-state index is -0.266. The minimum absolute atomic E-state index is 0.173. The number of para-hydroxylation sites is 3. The van der Waals surface area contributed by atoms with Gasteiger partial charge in [0.05, 0.1) is 24.0 Å². The van der Waals surface area contributed by atoms with Gasteiger partial charge in [-0.05, 0) is 42.5 Å². The summed E-state index contributed by atoms with van der Waals surface area (Å²) in [6.45, 7) is 2.83. The van der Waals surface area contributed by atoms with Crippen LogP contribution in [0.4, 0.5) is 11.4 Å².